The minimum Gasteiger partial charge on any atom is -0.744 e. The molecule has 0 saturated heterocycles. The molecule has 3 N–H and O–H groups in total. The quantitative estimate of drug-likeness (QED) is 0.0759. The van der Waals surface area contributed by atoms with E-state index in [0.29, 0.717) is 0 Å². The Morgan fingerprint density at radius 2 is 1.08 bits per heavy atom. The van der Waals surface area contributed by atoms with Gasteiger partial charge in [0.05, 0.1) is 36.5 Å². The second-order valence-corrected chi connectivity index (χ2v) is 17.9. The molecule has 302 valence electrons. The molecule has 1 aliphatic rings. The van der Waals surface area contributed by atoms with Crippen LogP contribution in [-0.4, -0.2) is 78.6 Å². The van der Waals surface area contributed by atoms with Gasteiger partial charge in [-0.25, -0.2) is 38.7 Å². The van der Waals surface area contributed by atoms with Gasteiger partial charge < -0.3 is 33.4 Å². The van der Waals surface area contributed by atoms with Crippen LogP contribution < -0.4 is 118 Å². The number of carbonyl (C=O) groups excluding carboxylic acids is 1. The van der Waals surface area contributed by atoms with Gasteiger partial charge in [0.2, 0.25) is 5.78 Å². The molecule has 1 aliphatic heterocycles. The first-order valence-electron chi connectivity index (χ1n) is 16.2. The van der Waals surface area contributed by atoms with Crippen molar-refractivity contribution in [1.82, 2.24) is 4.98 Å². The van der Waals surface area contributed by atoms with Gasteiger partial charge >= 0.3 is 118 Å². The number of phenolic OH excluding ortho intramolecular Hbond substituents is 1. The minimum absolute atomic E-state index is 0. The molecule has 7 aromatic rings. The number of fused-ring (bicyclic) bond motifs is 4. The molecule has 0 aliphatic carbocycles. The number of nitrogens with zero attached hydrogens (tertiary/aromatic N) is 3. The van der Waals surface area contributed by atoms with Crippen LogP contribution in [0.3, 0.4) is 0 Å². The van der Waals surface area contributed by atoms with Crippen LogP contribution in [0, 0.1) is 0 Å². The van der Waals surface area contributed by atoms with E-state index < -0.39 is 71.6 Å². The van der Waals surface area contributed by atoms with Gasteiger partial charge in [-0.1, -0.05) is 48.5 Å². The van der Waals surface area contributed by atoms with E-state index in [1.54, 1.807) is 18.2 Å². The molecule has 0 saturated carbocycles. The average Bonchev–Trinajstić information content (AvgIpc) is 3.67. The number of carbonyl (C=O) groups is 1. The summed E-state index contributed by atoms with van der Waals surface area (Å²) in [6.07, 6.45) is 0. The first kappa shape index (κ1) is 54.9. The van der Waals surface area contributed by atoms with Crippen molar-refractivity contribution in [1.29, 1.82) is 0 Å². The first-order valence-corrected chi connectivity index (χ1v) is 21.8. The number of aromatic amines is 1. The molecule has 0 atom stereocenters. The van der Waals surface area contributed by atoms with E-state index in [4.69, 9.17) is 0 Å². The topological polar surface area (TPSA) is 339 Å². The number of rotatable bonds is 7. The average molecular weight is 969 g/mol. The maximum Gasteiger partial charge on any atom is 1.00 e. The van der Waals surface area contributed by atoms with Crippen molar-refractivity contribution in [3.05, 3.63) is 114 Å². The van der Waals surface area contributed by atoms with Gasteiger partial charge in [-0.05, 0) is 48.5 Å². The molecule has 0 fully saturated rings. The van der Waals surface area contributed by atoms with E-state index in [0.717, 1.165) is 36.4 Å². The zero-order valence-electron chi connectivity index (χ0n) is 33.0. The standard InChI is InChI=1S/C20H14N2O7S2.C16H10N2O8S2.4Na/c23-18-11-17(20(31(27,28)29)15-8-4-2-6-13(15)18)22-21-16-9-10-19(30(24,25)26)14-7-3-1-5-12(14)16;19-15-9-5-7(27(21,22)23)1-3-11(9)17-13(15)14-16(20)10-6-8(28(24,25)26)2-4-12(10)18-14;;;;/h1-11,23H,(H,24,25,26)(H,27,28,29);1-6,17,19H,(H,21,22,23)(H,24,25,26);;;;/q;;4*+1/p-4. The van der Waals surface area contributed by atoms with Crippen LogP contribution in [-0.2, 0) is 40.5 Å². The number of Topliss-reactive ketones (excluding diaryl/α,β-unsaturated/α-hetero) is 1. The van der Waals surface area contributed by atoms with Crippen molar-refractivity contribution >= 4 is 101 Å². The third-order valence-corrected chi connectivity index (χ3v) is 12.3. The molecule has 27 heteroatoms. The van der Waals surface area contributed by atoms with Crippen LogP contribution in [0.25, 0.3) is 32.4 Å². The summed E-state index contributed by atoms with van der Waals surface area (Å²) in [5.41, 5.74) is -0.421. The van der Waals surface area contributed by atoms with E-state index in [1.165, 1.54) is 48.5 Å². The number of nitrogens with one attached hydrogen (secondary N) is 1. The van der Waals surface area contributed by atoms with Crippen LogP contribution in [0.5, 0.6) is 11.5 Å². The molecular weight excluding hydrogens is 949 g/mol. The van der Waals surface area contributed by atoms with Gasteiger partial charge in [-0.3, -0.25) is 4.79 Å². The number of hydrogen-bond acceptors (Lipinski definition) is 18. The van der Waals surface area contributed by atoms with E-state index in [9.17, 15) is 66.9 Å². The smallest absolute Gasteiger partial charge is 0.744 e. The number of aliphatic imine (C=N–C) groups is 1. The number of benzene rings is 6. The number of H-pyrrole nitrogens is 1. The summed E-state index contributed by atoms with van der Waals surface area (Å²) < 4.78 is 137. The molecule has 63 heavy (non-hydrogen) atoms. The van der Waals surface area contributed by atoms with Gasteiger partial charge in [0.1, 0.15) is 63.3 Å². The van der Waals surface area contributed by atoms with Gasteiger partial charge in [0, 0.05) is 38.5 Å². The molecule has 0 bridgehead atoms. The fourth-order valence-electron chi connectivity index (χ4n) is 6.22. The fourth-order valence-corrected chi connectivity index (χ4v) is 8.70. The summed E-state index contributed by atoms with van der Waals surface area (Å²) in [5.74, 6) is -1.54. The van der Waals surface area contributed by atoms with Crippen molar-refractivity contribution in [2.75, 3.05) is 0 Å². The van der Waals surface area contributed by atoms with Crippen molar-refractivity contribution in [2.45, 2.75) is 19.6 Å². The van der Waals surface area contributed by atoms with Crippen LogP contribution in [0.4, 0.5) is 17.1 Å². The molecule has 6 aromatic carbocycles. The summed E-state index contributed by atoms with van der Waals surface area (Å²) in [4.78, 5) is 17.2. The largest absolute Gasteiger partial charge is 1.00 e. The Balaban J connectivity index is 0.000000317. The van der Waals surface area contributed by atoms with Crippen molar-refractivity contribution in [3.8, 4) is 11.5 Å². The summed E-state index contributed by atoms with van der Waals surface area (Å²) in [6.45, 7) is 0. The van der Waals surface area contributed by atoms with Gasteiger partial charge in [-0.15, -0.1) is 10.2 Å². The van der Waals surface area contributed by atoms with Crippen molar-refractivity contribution < 1.29 is 185 Å². The third-order valence-electron chi connectivity index (χ3n) is 8.82. The normalized spacial score (nSPS) is 12.6. The molecule has 0 radical (unpaired) electrons. The molecular formula is C36H20N4Na4O15S4. The number of azo groups is 1. The SMILES string of the molecule is O=C1C(c2[nH]c3ccc(S(=O)(=O)[O-])cc3c2O)=Nc2ccc(S(=O)(=O)[O-])cc21.O=S(=O)([O-])c1ccc(N=Nc2cc(O)c3ccccc3c2S(=O)(=O)[O-])c2ccccc12.[Na+].[Na+].[Na+].[Na+]. The van der Waals surface area contributed by atoms with Crippen molar-refractivity contribution in [3.63, 3.8) is 0 Å². The Morgan fingerprint density at radius 1 is 0.540 bits per heavy atom. The fraction of sp³-hybridized carbons (Fsp3) is 0. The maximum absolute atomic E-state index is 12.6. The summed E-state index contributed by atoms with van der Waals surface area (Å²) in [5, 5.41) is 29.0. The zero-order valence-corrected chi connectivity index (χ0v) is 44.3. The van der Waals surface area contributed by atoms with Crippen LogP contribution >= 0.6 is 0 Å². The van der Waals surface area contributed by atoms with E-state index in [2.05, 4.69) is 20.2 Å². The van der Waals surface area contributed by atoms with E-state index in [-0.39, 0.29) is 190 Å². The number of phenols is 1. The molecule has 8 rings (SSSR count). The minimum atomic E-state index is -4.99. The van der Waals surface area contributed by atoms with Crippen LogP contribution in [0.1, 0.15) is 16.1 Å². The molecule has 1 aromatic heterocycles. The van der Waals surface area contributed by atoms with Crippen LogP contribution in [0.2, 0.25) is 0 Å². The predicted octanol–water partition coefficient (Wildman–Crippen LogP) is -7.06. The Kier molecular flexibility index (Phi) is 18.0. The Bertz CT molecular complexity index is 3510. The zero-order chi connectivity index (χ0) is 42.8. The second kappa shape index (κ2) is 20.6. The molecule has 19 nitrogen and oxygen atoms in total. The van der Waals surface area contributed by atoms with Gasteiger partial charge in [0.15, 0.2) is 5.75 Å². The first-order chi connectivity index (χ1) is 27.5. The summed E-state index contributed by atoms with van der Waals surface area (Å²) in [7, 11) is -19.3. The van der Waals surface area contributed by atoms with Gasteiger partial charge in [-0.2, -0.15) is 0 Å². The van der Waals surface area contributed by atoms with Crippen LogP contribution in [0.15, 0.2) is 138 Å². The Hall–Kier alpha value is -2.44. The maximum atomic E-state index is 12.6. The summed E-state index contributed by atoms with van der Waals surface area (Å²) in [6, 6.07) is 21.6. The number of aromatic nitrogens is 1. The number of hydrogen-bond donors (Lipinski definition) is 3. The Labute approximate surface area is 446 Å². The third kappa shape index (κ3) is 11.4. The molecule has 0 spiro atoms. The second-order valence-electron chi connectivity index (χ2n) is 12.5. The van der Waals surface area contributed by atoms with E-state index in [1.807, 2.05) is 0 Å². The molecule has 2 heterocycles. The molecule has 0 unspecified atom stereocenters. The van der Waals surface area contributed by atoms with E-state index >= 15 is 0 Å². The van der Waals surface area contributed by atoms with Crippen molar-refractivity contribution in [2.24, 2.45) is 15.2 Å². The predicted molar refractivity (Wildman–Crippen MR) is 203 cm³/mol. The Morgan fingerprint density at radius 3 is 1.67 bits per heavy atom. The number of ketones is 1. The monoisotopic (exact) mass is 968 g/mol. The molecule has 0 amide bonds. The number of aromatic hydroxyl groups is 2. The van der Waals surface area contributed by atoms with Gasteiger partial charge in [0.25, 0.3) is 0 Å². The summed E-state index contributed by atoms with van der Waals surface area (Å²) >= 11 is 0.